The summed E-state index contributed by atoms with van der Waals surface area (Å²) in [6, 6.07) is 7.93. The molecule has 22 heavy (non-hydrogen) atoms. The highest BCUT2D eigenvalue weighted by atomic mass is 32.2. The third kappa shape index (κ3) is 4.83. The lowest BCUT2D eigenvalue weighted by molar-refractivity contribution is -0.121. The topological polar surface area (TPSA) is 86.2 Å². The third-order valence-electron chi connectivity index (χ3n) is 3.29. The lowest BCUT2D eigenvalue weighted by Gasteiger charge is -2.13. The van der Waals surface area contributed by atoms with Crippen molar-refractivity contribution in [2.45, 2.75) is 23.6 Å². The van der Waals surface area contributed by atoms with Gasteiger partial charge in [-0.05, 0) is 24.1 Å². The normalized spacial score (nSPS) is 20.2. The molecule has 2 atom stereocenters. The average molecular weight is 320 g/mol. The van der Waals surface area contributed by atoms with E-state index < -0.39 is 0 Å². The Morgan fingerprint density at radius 1 is 1.59 bits per heavy atom. The van der Waals surface area contributed by atoms with Crippen molar-refractivity contribution in [1.29, 1.82) is 5.26 Å². The van der Waals surface area contributed by atoms with Crippen molar-refractivity contribution >= 4 is 17.7 Å². The van der Waals surface area contributed by atoms with Crippen molar-refractivity contribution in [1.82, 2.24) is 16.0 Å². The van der Waals surface area contributed by atoms with E-state index in [1.165, 1.54) is 0 Å². The molecule has 1 aliphatic heterocycles. The van der Waals surface area contributed by atoms with Gasteiger partial charge in [0.2, 0.25) is 5.91 Å². The summed E-state index contributed by atoms with van der Waals surface area (Å²) >= 11 is 1.69. The van der Waals surface area contributed by atoms with Gasteiger partial charge in [-0.3, -0.25) is 10.1 Å². The van der Waals surface area contributed by atoms with Crippen LogP contribution in [0.25, 0.3) is 0 Å². The summed E-state index contributed by atoms with van der Waals surface area (Å²) in [5.41, 5.74) is 1.14. The molecule has 0 radical (unpaired) electrons. The van der Waals surface area contributed by atoms with Gasteiger partial charge in [0.05, 0.1) is 17.9 Å². The lowest BCUT2D eigenvalue weighted by atomic mass is 10.2. The number of benzene rings is 1. The van der Waals surface area contributed by atoms with Gasteiger partial charge in [0.25, 0.3) is 0 Å². The molecule has 1 saturated heterocycles. The fourth-order valence-electron chi connectivity index (χ4n) is 2.21. The van der Waals surface area contributed by atoms with Gasteiger partial charge in [-0.25, -0.2) is 0 Å². The molecule has 118 valence electrons. The third-order valence-corrected chi connectivity index (χ3v) is 4.62. The number of carbonyl (C=O) groups excluding carboxylic acids is 1. The van der Waals surface area contributed by atoms with Crippen LogP contribution in [0, 0.1) is 11.5 Å². The number of rotatable bonds is 7. The zero-order valence-corrected chi connectivity index (χ0v) is 13.3. The van der Waals surface area contributed by atoms with Crippen LogP contribution >= 0.6 is 11.8 Å². The predicted octanol–water partition coefficient (Wildman–Crippen LogP) is 1.32. The van der Waals surface area contributed by atoms with Gasteiger partial charge in [-0.2, -0.15) is 5.26 Å². The molecule has 1 aliphatic rings. The van der Waals surface area contributed by atoms with Crippen molar-refractivity contribution in [3.8, 4) is 11.9 Å². The number of hydrogen-bond donors (Lipinski definition) is 3. The van der Waals surface area contributed by atoms with E-state index in [2.05, 4.69) is 16.0 Å². The SMILES string of the molecule is COc1cccc(C2NCC(NC(=O)CCCNC#N)S2)c1. The Morgan fingerprint density at radius 3 is 3.23 bits per heavy atom. The summed E-state index contributed by atoms with van der Waals surface area (Å²) in [5, 5.41) is 17.5. The summed E-state index contributed by atoms with van der Waals surface area (Å²) in [6.07, 6.45) is 2.92. The molecule has 0 aliphatic carbocycles. The number of amides is 1. The van der Waals surface area contributed by atoms with E-state index in [-0.39, 0.29) is 16.7 Å². The minimum atomic E-state index is 0.0188. The molecule has 1 amide bonds. The molecule has 0 bridgehead atoms. The molecular formula is C15H20N4O2S. The van der Waals surface area contributed by atoms with Crippen LogP contribution in [-0.2, 0) is 4.79 Å². The molecule has 0 aromatic heterocycles. The highest BCUT2D eigenvalue weighted by Gasteiger charge is 2.27. The zero-order chi connectivity index (χ0) is 15.8. The van der Waals surface area contributed by atoms with Gasteiger partial charge < -0.3 is 15.4 Å². The molecule has 1 aromatic rings. The molecule has 7 heteroatoms. The first kappa shape index (κ1) is 16.5. The van der Waals surface area contributed by atoms with Gasteiger partial charge in [-0.1, -0.05) is 12.1 Å². The van der Waals surface area contributed by atoms with E-state index in [1.807, 2.05) is 30.5 Å². The molecule has 1 fully saturated rings. The molecule has 1 heterocycles. The van der Waals surface area contributed by atoms with Crippen LogP contribution in [-0.4, -0.2) is 31.5 Å². The number of ether oxygens (including phenoxy) is 1. The Morgan fingerprint density at radius 2 is 2.45 bits per heavy atom. The maximum Gasteiger partial charge on any atom is 0.220 e. The Hall–Kier alpha value is -1.91. The molecule has 3 N–H and O–H groups in total. The highest BCUT2D eigenvalue weighted by molar-refractivity contribution is 8.00. The first-order valence-corrected chi connectivity index (χ1v) is 8.11. The summed E-state index contributed by atoms with van der Waals surface area (Å²) in [7, 11) is 1.65. The number of nitrogens with zero attached hydrogens (tertiary/aromatic N) is 1. The Bertz CT molecular complexity index is 547. The average Bonchev–Trinajstić information content (AvgIpc) is 3.00. The summed E-state index contributed by atoms with van der Waals surface area (Å²) in [6.45, 7) is 1.27. The minimum absolute atomic E-state index is 0.0188. The van der Waals surface area contributed by atoms with Crippen LogP contribution in [0.3, 0.4) is 0 Å². The van der Waals surface area contributed by atoms with Gasteiger partial charge >= 0.3 is 0 Å². The fraction of sp³-hybridized carbons (Fsp3) is 0.467. The number of nitrogens with one attached hydrogen (secondary N) is 3. The lowest BCUT2D eigenvalue weighted by Crippen LogP contribution is -2.34. The first-order chi connectivity index (χ1) is 10.7. The van der Waals surface area contributed by atoms with Crippen molar-refractivity contribution < 1.29 is 9.53 Å². The maximum absolute atomic E-state index is 11.8. The zero-order valence-electron chi connectivity index (χ0n) is 12.5. The molecule has 6 nitrogen and oxygen atoms in total. The Labute approximate surface area is 134 Å². The van der Waals surface area contributed by atoms with E-state index >= 15 is 0 Å². The standard InChI is InChI=1S/C15H20N4O2S/c1-21-12-5-2-4-11(8-12)15-18-9-14(22-15)19-13(20)6-3-7-17-10-16/h2,4-5,8,14-15,17-18H,3,6-7,9H2,1H3,(H,19,20). The van der Waals surface area contributed by atoms with Crippen molar-refractivity contribution in [3.05, 3.63) is 29.8 Å². The van der Waals surface area contributed by atoms with Crippen molar-refractivity contribution in [2.24, 2.45) is 0 Å². The number of carbonyl (C=O) groups is 1. The second kappa shape index (κ2) is 8.51. The second-order valence-electron chi connectivity index (χ2n) is 4.90. The number of nitriles is 1. The predicted molar refractivity (Wildman–Crippen MR) is 86.1 cm³/mol. The Kier molecular flexibility index (Phi) is 6.37. The largest absolute Gasteiger partial charge is 0.497 e. The summed E-state index contributed by atoms with van der Waals surface area (Å²) in [5.74, 6) is 0.850. The quantitative estimate of drug-likeness (QED) is 0.399. The number of thioether (sulfide) groups is 1. The van der Waals surface area contributed by atoms with Gasteiger partial charge in [0.1, 0.15) is 5.75 Å². The van der Waals surface area contributed by atoms with Crippen LogP contribution in [0.5, 0.6) is 5.75 Å². The van der Waals surface area contributed by atoms with Crippen LogP contribution in [0.1, 0.15) is 23.8 Å². The van der Waals surface area contributed by atoms with E-state index in [0.29, 0.717) is 19.4 Å². The molecule has 2 unspecified atom stereocenters. The van der Waals surface area contributed by atoms with E-state index in [9.17, 15) is 4.79 Å². The molecule has 0 saturated carbocycles. The maximum atomic E-state index is 11.8. The van der Waals surface area contributed by atoms with Crippen LogP contribution < -0.4 is 20.7 Å². The number of methoxy groups -OCH3 is 1. The minimum Gasteiger partial charge on any atom is -0.497 e. The molecule has 2 rings (SSSR count). The Balaban J connectivity index is 1.77. The summed E-state index contributed by atoms with van der Waals surface area (Å²) < 4.78 is 5.23. The summed E-state index contributed by atoms with van der Waals surface area (Å²) in [4.78, 5) is 11.8. The fourth-order valence-corrected chi connectivity index (χ4v) is 3.42. The highest BCUT2D eigenvalue weighted by Crippen LogP contribution is 2.35. The first-order valence-electron chi connectivity index (χ1n) is 7.17. The molecule has 1 aromatic carbocycles. The molecular weight excluding hydrogens is 300 g/mol. The van der Waals surface area contributed by atoms with Crippen LogP contribution in [0.15, 0.2) is 24.3 Å². The van der Waals surface area contributed by atoms with Crippen LogP contribution in [0.2, 0.25) is 0 Å². The smallest absolute Gasteiger partial charge is 0.220 e. The second-order valence-corrected chi connectivity index (χ2v) is 6.21. The van der Waals surface area contributed by atoms with Crippen LogP contribution in [0.4, 0.5) is 0 Å². The van der Waals surface area contributed by atoms with E-state index in [0.717, 1.165) is 17.9 Å². The van der Waals surface area contributed by atoms with Gasteiger partial charge in [0.15, 0.2) is 6.19 Å². The van der Waals surface area contributed by atoms with E-state index in [1.54, 1.807) is 18.9 Å². The van der Waals surface area contributed by atoms with E-state index in [4.69, 9.17) is 10.00 Å². The monoisotopic (exact) mass is 320 g/mol. The van der Waals surface area contributed by atoms with Crippen molar-refractivity contribution in [2.75, 3.05) is 20.2 Å². The molecule has 0 spiro atoms. The van der Waals surface area contributed by atoms with Gasteiger partial charge in [-0.15, -0.1) is 11.8 Å². The van der Waals surface area contributed by atoms with Gasteiger partial charge in [0, 0.05) is 19.5 Å². The van der Waals surface area contributed by atoms with Crippen molar-refractivity contribution in [3.63, 3.8) is 0 Å². The number of hydrogen-bond acceptors (Lipinski definition) is 6.